The van der Waals surface area contributed by atoms with E-state index in [9.17, 15) is 14.7 Å². The maximum absolute atomic E-state index is 13.0. The maximum atomic E-state index is 13.0. The quantitative estimate of drug-likeness (QED) is 0.142. The molecule has 0 saturated carbocycles. The first kappa shape index (κ1) is 32.5. The number of nitrogens with zero attached hydrogens (tertiary/aromatic N) is 1. The Morgan fingerprint density at radius 3 is 2.09 bits per heavy atom. The Kier molecular flexibility index (Phi) is 10.6. The largest absolute Gasteiger partial charge is 0.494 e. The number of carbonyl (C=O) groups is 2. The fourth-order valence-corrected chi connectivity index (χ4v) is 4.95. The van der Waals surface area contributed by atoms with Gasteiger partial charge in [0.15, 0.2) is 0 Å². The Balaban J connectivity index is 1.36. The second-order valence-corrected chi connectivity index (χ2v) is 12.6. The minimum atomic E-state index is -1.50. The van der Waals surface area contributed by atoms with Gasteiger partial charge in [-0.1, -0.05) is 77.6 Å². The zero-order valence-electron chi connectivity index (χ0n) is 26.5. The van der Waals surface area contributed by atoms with Crippen molar-refractivity contribution in [2.24, 2.45) is 0 Å². The van der Waals surface area contributed by atoms with Crippen LogP contribution in [0.5, 0.6) is 5.75 Å². The van der Waals surface area contributed by atoms with Crippen molar-refractivity contribution in [3.05, 3.63) is 95.7 Å². The maximum Gasteiger partial charge on any atom is 0.329 e. The summed E-state index contributed by atoms with van der Waals surface area (Å²) in [7, 11) is 0. The van der Waals surface area contributed by atoms with Crippen molar-refractivity contribution in [3.8, 4) is 28.5 Å². The molecular weight excluding hydrogens is 552 g/mol. The Labute approximate surface area is 260 Å². The van der Waals surface area contributed by atoms with Gasteiger partial charge in [0.2, 0.25) is 5.89 Å². The van der Waals surface area contributed by atoms with Gasteiger partial charge in [-0.25, -0.2) is 9.78 Å². The zero-order chi connectivity index (χ0) is 31.7. The third-order valence-corrected chi connectivity index (χ3v) is 7.80. The Hall–Kier alpha value is -4.39. The van der Waals surface area contributed by atoms with Crippen LogP contribution in [-0.2, 0) is 16.6 Å². The molecule has 4 rings (SSSR count). The van der Waals surface area contributed by atoms with Crippen LogP contribution in [0.25, 0.3) is 22.7 Å². The first-order valence-corrected chi connectivity index (χ1v) is 15.4. The lowest BCUT2D eigenvalue weighted by atomic mass is 9.86. The highest BCUT2D eigenvalue weighted by molar-refractivity contribution is 5.97. The van der Waals surface area contributed by atoms with Gasteiger partial charge in [0.1, 0.15) is 23.2 Å². The number of nitrogens with one attached hydrogen (secondary N) is 1. The summed E-state index contributed by atoms with van der Waals surface area (Å²) in [6.45, 7) is 10.7. The average molecular weight is 597 g/mol. The summed E-state index contributed by atoms with van der Waals surface area (Å²) in [5.41, 5.74) is 3.14. The van der Waals surface area contributed by atoms with Crippen molar-refractivity contribution in [2.75, 3.05) is 6.61 Å². The minimum Gasteiger partial charge on any atom is -0.494 e. The van der Waals surface area contributed by atoms with Gasteiger partial charge in [-0.05, 0) is 78.4 Å². The van der Waals surface area contributed by atoms with E-state index in [1.54, 1.807) is 18.4 Å². The molecule has 1 amide bonds. The summed E-state index contributed by atoms with van der Waals surface area (Å²) in [5, 5.41) is 12.8. The van der Waals surface area contributed by atoms with E-state index >= 15 is 0 Å². The van der Waals surface area contributed by atoms with E-state index in [4.69, 9.17) is 9.15 Å². The number of rotatable bonds is 14. The molecule has 0 bridgehead atoms. The van der Waals surface area contributed by atoms with Crippen molar-refractivity contribution < 1.29 is 23.8 Å². The fraction of sp³-hybridized carbons (Fsp3) is 0.378. The average Bonchev–Trinajstić information content (AvgIpc) is 3.49. The number of benzene rings is 3. The summed E-state index contributed by atoms with van der Waals surface area (Å²) >= 11 is 0. The lowest BCUT2D eigenvalue weighted by Gasteiger charge is -2.27. The molecule has 4 aromatic rings. The summed E-state index contributed by atoms with van der Waals surface area (Å²) < 4.78 is 11.6. The number of carbonyl (C=O) groups excluding carboxylic acids is 1. The number of oxazole rings is 1. The molecule has 1 aromatic heterocycles. The molecule has 0 saturated heterocycles. The molecule has 7 heteroatoms. The van der Waals surface area contributed by atoms with Crippen LogP contribution < -0.4 is 10.1 Å². The molecule has 0 unspecified atom stereocenters. The van der Waals surface area contributed by atoms with E-state index in [0.717, 1.165) is 41.0 Å². The third kappa shape index (κ3) is 8.59. The number of ether oxygens (including phenoxy) is 1. The zero-order valence-corrected chi connectivity index (χ0v) is 26.5. The number of unbranched alkanes of at least 4 members (excludes halogenated alkanes) is 4. The molecule has 1 heterocycles. The Morgan fingerprint density at radius 1 is 0.841 bits per heavy atom. The van der Waals surface area contributed by atoms with E-state index in [1.807, 2.05) is 60.7 Å². The highest BCUT2D eigenvalue weighted by atomic mass is 16.5. The van der Waals surface area contributed by atoms with Gasteiger partial charge in [0.05, 0.1) is 6.61 Å². The van der Waals surface area contributed by atoms with Gasteiger partial charge >= 0.3 is 5.97 Å². The van der Waals surface area contributed by atoms with Crippen LogP contribution in [0.1, 0.15) is 88.2 Å². The first-order chi connectivity index (χ1) is 21.0. The molecule has 7 nitrogen and oxygen atoms in total. The highest BCUT2D eigenvalue weighted by Crippen LogP contribution is 2.27. The number of aliphatic carboxylic acids is 1. The molecular formula is C37H44N2O5. The molecule has 0 aliphatic carbocycles. The van der Waals surface area contributed by atoms with E-state index in [-0.39, 0.29) is 11.8 Å². The predicted molar refractivity (Wildman–Crippen MR) is 174 cm³/mol. The van der Waals surface area contributed by atoms with Gasteiger partial charge in [-0.2, -0.15) is 0 Å². The van der Waals surface area contributed by atoms with E-state index in [2.05, 4.69) is 38.0 Å². The minimum absolute atomic E-state index is 0.0444. The monoisotopic (exact) mass is 596 g/mol. The van der Waals surface area contributed by atoms with Crippen LogP contribution in [0.4, 0.5) is 0 Å². The van der Waals surface area contributed by atoms with E-state index in [1.165, 1.54) is 32.6 Å². The van der Waals surface area contributed by atoms with Gasteiger partial charge in [-0.3, -0.25) is 4.79 Å². The molecule has 1 atom stereocenters. The van der Waals surface area contributed by atoms with Crippen molar-refractivity contribution in [2.45, 2.75) is 84.1 Å². The van der Waals surface area contributed by atoms with Gasteiger partial charge < -0.3 is 19.6 Å². The standard InChI is InChI=1S/C37H44N2O5/c1-6-7-8-9-10-23-43-31-21-17-27(18-22-31)32-25-44-34(38-32)29-13-11-26(12-14-29)24-37(5,35(41)42)39-33(40)28-15-19-30(20-16-28)36(2,3)4/h11-22,25H,6-10,23-24H2,1-5H3,(H,39,40)(H,41,42)/t37-/m0/s1. The molecule has 3 aromatic carbocycles. The lowest BCUT2D eigenvalue weighted by Crippen LogP contribution is -2.53. The topological polar surface area (TPSA) is 102 Å². The number of hydrogen-bond acceptors (Lipinski definition) is 5. The van der Waals surface area contributed by atoms with Crippen LogP contribution in [0, 0.1) is 0 Å². The second kappa shape index (κ2) is 14.4. The molecule has 44 heavy (non-hydrogen) atoms. The van der Waals surface area contributed by atoms with Crippen LogP contribution >= 0.6 is 0 Å². The number of hydrogen-bond donors (Lipinski definition) is 2. The summed E-state index contributed by atoms with van der Waals surface area (Å²) in [6.07, 6.45) is 7.75. The van der Waals surface area contributed by atoms with E-state index < -0.39 is 17.4 Å². The van der Waals surface area contributed by atoms with Gasteiger partial charge in [-0.15, -0.1) is 0 Å². The molecule has 0 aliphatic heterocycles. The summed E-state index contributed by atoms with van der Waals surface area (Å²) in [6, 6.07) is 22.5. The van der Waals surface area contributed by atoms with Crippen LogP contribution in [0.15, 0.2) is 83.5 Å². The molecule has 0 aliphatic rings. The van der Waals surface area contributed by atoms with Crippen molar-refractivity contribution in [3.63, 3.8) is 0 Å². The molecule has 2 N–H and O–H groups in total. The second-order valence-electron chi connectivity index (χ2n) is 12.6. The Bertz CT molecular complexity index is 1520. The normalized spacial score (nSPS) is 12.8. The van der Waals surface area contributed by atoms with Crippen molar-refractivity contribution in [1.82, 2.24) is 10.3 Å². The highest BCUT2D eigenvalue weighted by Gasteiger charge is 2.35. The molecule has 0 radical (unpaired) electrons. The van der Waals surface area contributed by atoms with Crippen molar-refractivity contribution >= 4 is 11.9 Å². The van der Waals surface area contributed by atoms with Gasteiger partial charge in [0, 0.05) is 23.1 Å². The van der Waals surface area contributed by atoms with Crippen LogP contribution in [-0.4, -0.2) is 34.1 Å². The number of amides is 1. The van der Waals surface area contributed by atoms with Crippen molar-refractivity contribution in [1.29, 1.82) is 0 Å². The lowest BCUT2D eigenvalue weighted by molar-refractivity contribution is -0.143. The predicted octanol–water partition coefficient (Wildman–Crippen LogP) is 8.47. The number of carboxylic acid groups (broad SMARTS) is 1. The third-order valence-electron chi connectivity index (χ3n) is 7.80. The summed E-state index contributed by atoms with van der Waals surface area (Å²) in [5.74, 6) is -0.234. The summed E-state index contributed by atoms with van der Waals surface area (Å²) in [4.78, 5) is 29.9. The SMILES string of the molecule is CCCCCCCOc1ccc(-c2coc(-c3ccc(C[C@](C)(NC(=O)c4ccc(C(C)(C)C)cc4)C(=O)O)cc3)n2)cc1. The smallest absolute Gasteiger partial charge is 0.329 e. The number of carboxylic acids is 1. The van der Waals surface area contributed by atoms with E-state index in [0.29, 0.717) is 17.1 Å². The molecule has 0 fully saturated rings. The Morgan fingerprint density at radius 2 is 1.48 bits per heavy atom. The fourth-order valence-electron chi connectivity index (χ4n) is 4.95. The van der Waals surface area contributed by atoms with Gasteiger partial charge in [0.25, 0.3) is 5.91 Å². The molecule has 0 spiro atoms. The van der Waals surface area contributed by atoms with Crippen LogP contribution in [0.3, 0.4) is 0 Å². The first-order valence-electron chi connectivity index (χ1n) is 15.4. The van der Waals surface area contributed by atoms with Crippen LogP contribution in [0.2, 0.25) is 0 Å². The number of aromatic nitrogens is 1. The molecule has 232 valence electrons.